The number of carbonyl (C=O) groups excluding carboxylic acids is 1. The van der Waals surface area contributed by atoms with E-state index in [1.807, 2.05) is 17.5 Å². The van der Waals surface area contributed by atoms with Crippen molar-refractivity contribution >= 4 is 50.7 Å². The van der Waals surface area contributed by atoms with Crippen molar-refractivity contribution in [3.63, 3.8) is 0 Å². The Bertz CT molecular complexity index is 1470. The highest BCUT2D eigenvalue weighted by atomic mass is 32.2. The third-order valence-electron chi connectivity index (χ3n) is 5.55. The quantitative estimate of drug-likeness (QED) is 0.304. The monoisotopic (exact) mass is 473 g/mol. The van der Waals surface area contributed by atoms with Crippen molar-refractivity contribution in [2.45, 2.75) is 32.3 Å². The first kappa shape index (κ1) is 21.6. The number of nitrogens with zero attached hydrogens (tertiary/aromatic N) is 4. The van der Waals surface area contributed by atoms with E-state index in [2.05, 4.69) is 82.1 Å². The van der Waals surface area contributed by atoms with Crippen molar-refractivity contribution in [3.05, 3.63) is 70.6 Å². The fourth-order valence-electron chi connectivity index (χ4n) is 3.83. The minimum atomic E-state index is -0.0574. The summed E-state index contributed by atoms with van der Waals surface area (Å²) >= 11 is 2.98. The molecule has 0 atom stereocenters. The van der Waals surface area contributed by atoms with E-state index < -0.39 is 0 Å². The molecule has 3 aromatic heterocycles. The Labute approximate surface area is 200 Å². The Morgan fingerprint density at radius 1 is 1.06 bits per heavy atom. The molecule has 0 aliphatic rings. The molecule has 0 unspecified atom stereocenters. The minimum absolute atomic E-state index is 0.0574. The Morgan fingerprint density at radius 3 is 2.70 bits per heavy atom. The predicted octanol–water partition coefficient (Wildman–Crippen LogP) is 6.05. The number of hydrogen-bond donors (Lipinski definition) is 1. The number of thioether (sulfide) groups is 1. The van der Waals surface area contributed by atoms with Gasteiger partial charge in [-0.25, -0.2) is 4.98 Å². The van der Waals surface area contributed by atoms with E-state index >= 15 is 0 Å². The van der Waals surface area contributed by atoms with E-state index in [0.29, 0.717) is 17.3 Å². The van der Waals surface area contributed by atoms with Gasteiger partial charge in [0.2, 0.25) is 5.91 Å². The van der Waals surface area contributed by atoms with Gasteiger partial charge in [-0.1, -0.05) is 59.8 Å². The number of aryl methyl sites for hydroxylation is 3. The van der Waals surface area contributed by atoms with Gasteiger partial charge < -0.3 is 5.32 Å². The van der Waals surface area contributed by atoms with Crippen LogP contribution < -0.4 is 5.32 Å². The highest BCUT2D eigenvalue weighted by Crippen LogP contribution is 2.29. The Kier molecular flexibility index (Phi) is 5.86. The van der Waals surface area contributed by atoms with Gasteiger partial charge in [0.05, 0.1) is 11.2 Å². The van der Waals surface area contributed by atoms with Gasteiger partial charge in [0.15, 0.2) is 15.9 Å². The molecule has 0 bridgehead atoms. The first-order valence-electron chi connectivity index (χ1n) is 10.7. The molecule has 0 aliphatic carbocycles. The number of nitrogens with one attached hydrogen (secondary N) is 1. The summed E-state index contributed by atoms with van der Waals surface area (Å²) in [5, 5.41) is 16.2. The summed E-state index contributed by atoms with van der Waals surface area (Å²) in [6.45, 7) is 6.25. The van der Waals surface area contributed by atoms with Crippen molar-refractivity contribution in [1.82, 2.24) is 19.6 Å². The van der Waals surface area contributed by atoms with E-state index in [-0.39, 0.29) is 5.91 Å². The Morgan fingerprint density at radius 2 is 1.88 bits per heavy atom. The van der Waals surface area contributed by atoms with E-state index in [1.54, 1.807) is 0 Å². The second kappa shape index (κ2) is 8.96. The maximum absolute atomic E-state index is 12.5. The number of carbonyl (C=O) groups is 1. The lowest BCUT2D eigenvalue weighted by Crippen LogP contribution is -2.12. The number of fused-ring (bicyclic) bond motifs is 3. The first-order chi connectivity index (χ1) is 16.0. The van der Waals surface area contributed by atoms with Crippen LogP contribution in [0.4, 0.5) is 5.13 Å². The molecule has 3 heterocycles. The standard InChI is InChI=1S/C25H23N5OS2/c1-15-7-9-18(10-8-15)20-14-33-24(26-20)27-22(31)11-12-32-25-29-28-21-13-17(3)19-6-4-5-16(2)23(19)30(21)25/h4-10,13-14H,11-12H2,1-3H3,(H,26,27,31). The summed E-state index contributed by atoms with van der Waals surface area (Å²) < 4.78 is 2.09. The lowest BCUT2D eigenvalue weighted by atomic mass is 10.1. The highest BCUT2D eigenvalue weighted by molar-refractivity contribution is 7.99. The summed E-state index contributed by atoms with van der Waals surface area (Å²) in [5.41, 5.74) is 7.43. The molecule has 2 aromatic carbocycles. The number of amides is 1. The number of aromatic nitrogens is 4. The van der Waals surface area contributed by atoms with Crippen molar-refractivity contribution in [2.75, 3.05) is 11.1 Å². The van der Waals surface area contributed by atoms with E-state index in [0.717, 1.165) is 27.6 Å². The summed E-state index contributed by atoms with van der Waals surface area (Å²) in [6.07, 6.45) is 0.363. The van der Waals surface area contributed by atoms with Crippen LogP contribution in [0, 0.1) is 20.8 Å². The zero-order valence-electron chi connectivity index (χ0n) is 18.6. The number of thiazole rings is 1. The van der Waals surface area contributed by atoms with Crippen LogP contribution in [0.25, 0.3) is 27.8 Å². The average Bonchev–Trinajstić information content (AvgIpc) is 3.42. The maximum Gasteiger partial charge on any atom is 0.226 e. The maximum atomic E-state index is 12.5. The van der Waals surface area contributed by atoms with Gasteiger partial charge in [0.25, 0.3) is 0 Å². The largest absolute Gasteiger partial charge is 0.302 e. The minimum Gasteiger partial charge on any atom is -0.302 e. The lowest BCUT2D eigenvalue weighted by Gasteiger charge is -2.10. The second-order valence-corrected chi connectivity index (χ2v) is 9.95. The van der Waals surface area contributed by atoms with Crippen LogP contribution in [0.3, 0.4) is 0 Å². The molecule has 0 radical (unpaired) electrons. The smallest absolute Gasteiger partial charge is 0.226 e. The normalized spacial score (nSPS) is 11.4. The number of rotatable bonds is 6. The Hall–Kier alpha value is -3.23. The molecule has 1 N–H and O–H groups in total. The molecule has 1 amide bonds. The van der Waals surface area contributed by atoms with Crippen LogP contribution in [0.15, 0.2) is 59.1 Å². The zero-order valence-corrected chi connectivity index (χ0v) is 20.3. The molecule has 5 aromatic rings. The van der Waals surface area contributed by atoms with Crippen molar-refractivity contribution in [2.24, 2.45) is 0 Å². The molecule has 0 fully saturated rings. The fourth-order valence-corrected chi connectivity index (χ4v) is 5.45. The van der Waals surface area contributed by atoms with Crippen LogP contribution in [-0.4, -0.2) is 31.2 Å². The van der Waals surface area contributed by atoms with Gasteiger partial charge in [-0.15, -0.1) is 21.5 Å². The van der Waals surface area contributed by atoms with Crippen LogP contribution in [-0.2, 0) is 4.79 Å². The molecule has 0 saturated carbocycles. The van der Waals surface area contributed by atoms with Crippen LogP contribution in [0.2, 0.25) is 0 Å². The molecule has 5 rings (SSSR count). The number of anilines is 1. The van der Waals surface area contributed by atoms with E-state index in [4.69, 9.17) is 0 Å². The SMILES string of the molecule is Cc1ccc(-c2csc(NC(=O)CCSc3nnc4cc(C)c5cccc(C)c5n34)n2)cc1. The van der Waals surface area contributed by atoms with Crippen molar-refractivity contribution in [3.8, 4) is 11.3 Å². The van der Waals surface area contributed by atoms with Crippen molar-refractivity contribution < 1.29 is 4.79 Å². The number of para-hydroxylation sites is 1. The fraction of sp³-hybridized carbons (Fsp3) is 0.200. The van der Waals surface area contributed by atoms with Gasteiger partial charge in [0.1, 0.15) is 0 Å². The van der Waals surface area contributed by atoms with Gasteiger partial charge in [-0.3, -0.25) is 9.20 Å². The topological polar surface area (TPSA) is 72.2 Å². The predicted molar refractivity (Wildman–Crippen MR) is 136 cm³/mol. The van der Waals surface area contributed by atoms with Gasteiger partial charge in [-0.05, 0) is 38.0 Å². The van der Waals surface area contributed by atoms with Crippen LogP contribution >= 0.6 is 23.1 Å². The molecule has 0 spiro atoms. The van der Waals surface area contributed by atoms with Gasteiger partial charge in [-0.2, -0.15) is 0 Å². The number of pyridine rings is 1. The summed E-state index contributed by atoms with van der Waals surface area (Å²) in [4.78, 5) is 17.1. The average molecular weight is 474 g/mol. The third kappa shape index (κ3) is 4.36. The number of hydrogen-bond acceptors (Lipinski definition) is 6. The molecule has 8 heteroatoms. The molecule has 33 heavy (non-hydrogen) atoms. The third-order valence-corrected chi connectivity index (χ3v) is 7.24. The lowest BCUT2D eigenvalue weighted by molar-refractivity contribution is -0.115. The van der Waals surface area contributed by atoms with Crippen molar-refractivity contribution in [1.29, 1.82) is 0 Å². The molecule has 0 saturated heterocycles. The van der Waals surface area contributed by atoms with E-state index in [9.17, 15) is 4.79 Å². The molecular formula is C25H23N5OS2. The first-order valence-corrected chi connectivity index (χ1v) is 12.6. The summed E-state index contributed by atoms with van der Waals surface area (Å²) in [6, 6.07) is 16.6. The highest BCUT2D eigenvalue weighted by Gasteiger charge is 2.14. The second-order valence-electron chi connectivity index (χ2n) is 8.03. The van der Waals surface area contributed by atoms with Gasteiger partial charge in [0, 0.05) is 28.5 Å². The van der Waals surface area contributed by atoms with E-state index in [1.165, 1.54) is 45.2 Å². The molecular weight excluding hydrogens is 450 g/mol. The summed E-state index contributed by atoms with van der Waals surface area (Å²) in [7, 11) is 0. The summed E-state index contributed by atoms with van der Waals surface area (Å²) in [5.74, 6) is 0.544. The molecule has 166 valence electrons. The zero-order chi connectivity index (χ0) is 22.9. The van der Waals surface area contributed by atoms with Crippen LogP contribution in [0.1, 0.15) is 23.1 Å². The molecule has 6 nitrogen and oxygen atoms in total. The Balaban J connectivity index is 1.26. The molecule has 0 aliphatic heterocycles. The van der Waals surface area contributed by atoms with Crippen LogP contribution in [0.5, 0.6) is 0 Å². The number of benzene rings is 2. The van der Waals surface area contributed by atoms with Gasteiger partial charge >= 0.3 is 0 Å².